The van der Waals surface area contributed by atoms with Gasteiger partial charge < -0.3 is 25.2 Å². The van der Waals surface area contributed by atoms with Crippen molar-refractivity contribution in [2.75, 3.05) is 42.9 Å². The van der Waals surface area contributed by atoms with E-state index in [2.05, 4.69) is 20.5 Å². The SMILES string of the molecule is CC(C)(C)OC(=O)NCC(=O)N1CCN(c2ccccc2C(=O)Nc2cccnc2)CC1. The van der Waals surface area contributed by atoms with Crippen LogP contribution in [0.5, 0.6) is 0 Å². The average molecular weight is 440 g/mol. The quantitative estimate of drug-likeness (QED) is 0.742. The molecule has 9 nitrogen and oxygen atoms in total. The number of pyridine rings is 1. The number of alkyl carbamates (subject to hydrolysis) is 1. The van der Waals surface area contributed by atoms with Crippen molar-refractivity contribution in [3.63, 3.8) is 0 Å². The van der Waals surface area contributed by atoms with Gasteiger partial charge in [-0.2, -0.15) is 0 Å². The molecule has 2 heterocycles. The van der Waals surface area contributed by atoms with Crippen molar-refractivity contribution in [3.05, 3.63) is 54.4 Å². The number of benzene rings is 1. The molecule has 1 aliphatic heterocycles. The van der Waals surface area contributed by atoms with E-state index in [1.54, 1.807) is 56.3 Å². The lowest BCUT2D eigenvalue weighted by molar-refractivity contribution is -0.130. The summed E-state index contributed by atoms with van der Waals surface area (Å²) < 4.78 is 5.16. The molecule has 0 spiro atoms. The van der Waals surface area contributed by atoms with Crippen LogP contribution in [0.1, 0.15) is 31.1 Å². The van der Waals surface area contributed by atoms with E-state index in [0.29, 0.717) is 37.4 Å². The van der Waals surface area contributed by atoms with Crippen LogP contribution in [0.2, 0.25) is 0 Å². The van der Waals surface area contributed by atoms with Gasteiger partial charge in [-0.05, 0) is 45.0 Å². The predicted molar refractivity (Wildman–Crippen MR) is 122 cm³/mol. The van der Waals surface area contributed by atoms with Crippen LogP contribution in [0.25, 0.3) is 0 Å². The Morgan fingerprint density at radius 1 is 1.03 bits per heavy atom. The van der Waals surface area contributed by atoms with Crippen LogP contribution < -0.4 is 15.5 Å². The molecule has 2 aromatic rings. The van der Waals surface area contributed by atoms with Crippen molar-refractivity contribution < 1.29 is 19.1 Å². The van der Waals surface area contributed by atoms with Gasteiger partial charge in [0.05, 0.1) is 17.4 Å². The predicted octanol–water partition coefficient (Wildman–Crippen LogP) is 2.51. The Morgan fingerprint density at radius 2 is 1.75 bits per heavy atom. The number of hydrogen-bond donors (Lipinski definition) is 2. The summed E-state index contributed by atoms with van der Waals surface area (Å²) in [5.74, 6) is -0.383. The lowest BCUT2D eigenvalue weighted by Gasteiger charge is -2.37. The normalized spacial score (nSPS) is 14.0. The number of carbonyl (C=O) groups is 3. The molecular weight excluding hydrogens is 410 g/mol. The number of amides is 3. The highest BCUT2D eigenvalue weighted by atomic mass is 16.6. The van der Waals surface area contributed by atoms with Gasteiger partial charge in [0.2, 0.25) is 5.91 Å². The van der Waals surface area contributed by atoms with Crippen molar-refractivity contribution >= 4 is 29.3 Å². The highest BCUT2D eigenvalue weighted by Gasteiger charge is 2.25. The lowest BCUT2D eigenvalue weighted by atomic mass is 10.1. The first kappa shape index (κ1) is 23.1. The minimum atomic E-state index is -0.616. The molecule has 0 radical (unpaired) electrons. The molecule has 0 bridgehead atoms. The zero-order valence-electron chi connectivity index (χ0n) is 18.6. The Hall–Kier alpha value is -3.62. The van der Waals surface area contributed by atoms with Crippen molar-refractivity contribution in [3.8, 4) is 0 Å². The second-order valence-electron chi connectivity index (χ2n) is 8.44. The number of nitrogens with zero attached hydrogens (tertiary/aromatic N) is 3. The Balaban J connectivity index is 1.56. The number of rotatable bonds is 5. The fourth-order valence-electron chi connectivity index (χ4n) is 3.35. The van der Waals surface area contributed by atoms with Crippen LogP contribution in [0.4, 0.5) is 16.2 Å². The lowest BCUT2D eigenvalue weighted by Crippen LogP contribution is -2.51. The van der Waals surface area contributed by atoms with Gasteiger partial charge in [0.25, 0.3) is 5.91 Å². The van der Waals surface area contributed by atoms with Gasteiger partial charge in [-0.15, -0.1) is 0 Å². The Bertz CT molecular complexity index is 950. The van der Waals surface area contributed by atoms with Crippen LogP contribution in [0.3, 0.4) is 0 Å². The number of para-hydroxylation sites is 1. The summed E-state index contributed by atoms with van der Waals surface area (Å²) in [5.41, 5.74) is 1.38. The number of nitrogens with one attached hydrogen (secondary N) is 2. The van der Waals surface area contributed by atoms with Gasteiger partial charge in [0.15, 0.2) is 0 Å². The molecule has 9 heteroatoms. The summed E-state index contributed by atoms with van der Waals surface area (Å²) >= 11 is 0. The minimum Gasteiger partial charge on any atom is -0.444 e. The molecule has 170 valence electrons. The fraction of sp³-hybridized carbons (Fsp3) is 0.391. The first-order valence-corrected chi connectivity index (χ1v) is 10.5. The van der Waals surface area contributed by atoms with Crippen molar-refractivity contribution in [1.82, 2.24) is 15.2 Å². The highest BCUT2D eigenvalue weighted by Crippen LogP contribution is 2.23. The molecule has 2 N–H and O–H groups in total. The third kappa shape index (κ3) is 6.44. The Morgan fingerprint density at radius 3 is 2.41 bits per heavy atom. The van der Waals surface area contributed by atoms with Gasteiger partial charge in [-0.1, -0.05) is 12.1 Å². The molecule has 0 saturated carbocycles. The van der Waals surface area contributed by atoms with Crippen LogP contribution in [-0.4, -0.2) is 66.1 Å². The number of aromatic nitrogens is 1. The Kier molecular flexibility index (Phi) is 7.29. The van der Waals surface area contributed by atoms with Gasteiger partial charge in [-0.25, -0.2) is 4.79 Å². The fourth-order valence-corrected chi connectivity index (χ4v) is 3.35. The average Bonchev–Trinajstić information content (AvgIpc) is 2.77. The van der Waals surface area contributed by atoms with Crippen LogP contribution in [0, 0.1) is 0 Å². The Labute approximate surface area is 187 Å². The minimum absolute atomic E-state index is 0.112. The molecule has 1 saturated heterocycles. The molecule has 32 heavy (non-hydrogen) atoms. The smallest absolute Gasteiger partial charge is 0.408 e. The molecule has 1 aromatic heterocycles. The number of carbonyl (C=O) groups excluding carboxylic acids is 3. The second-order valence-corrected chi connectivity index (χ2v) is 8.44. The van der Waals surface area contributed by atoms with Gasteiger partial charge >= 0.3 is 6.09 Å². The van der Waals surface area contributed by atoms with Crippen molar-refractivity contribution in [2.24, 2.45) is 0 Å². The van der Waals surface area contributed by atoms with Gasteiger partial charge in [0, 0.05) is 38.1 Å². The molecule has 1 aromatic carbocycles. The number of ether oxygens (including phenoxy) is 1. The molecular formula is C23H29N5O4. The van der Waals surface area contributed by atoms with Crippen LogP contribution in [0.15, 0.2) is 48.8 Å². The van der Waals surface area contributed by atoms with E-state index in [1.807, 2.05) is 18.2 Å². The maximum Gasteiger partial charge on any atom is 0.408 e. The third-order valence-corrected chi connectivity index (χ3v) is 4.82. The van der Waals surface area contributed by atoms with E-state index in [9.17, 15) is 14.4 Å². The summed E-state index contributed by atoms with van der Waals surface area (Å²) in [5, 5.41) is 5.37. The first-order chi connectivity index (χ1) is 15.2. The van der Waals surface area contributed by atoms with Crippen molar-refractivity contribution in [1.29, 1.82) is 0 Å². The van der Waals surface area contributed by atoms with E-state index < -0.39 is 11.7 Å². The van der Waals surface area contributed by atoms with E-state index in [4.69, 9.17) is 4.74 Å². The molecule has 0 unspecified atom stereocenters. The highest BCUT2D eigenvalue weighted by molar-refractivity contribution is 6.08. The van der Waals surface area contributed by atoms with E-state index in [0.717, 1.165) is 5.69 Å². The summed E-state index contributed by atoms with van der Waals surface area (Å²) in [6, 6.07) is 10.9. The van der Waals surface area contributed by atoms with E-state index >= 15 is 0 Å². The summed E-state index contributed by atoms with van der Waals surface area (Å²) in [6.07, 6.45) is 2.63. The molecule has 0 aliphatic carbocycles. The van der Waals surface area contributed by atoms with Crippen molar-refractivity contribution in [2.45, 2.75) is 26.4 Å². The molecule has 1 fully saturated rings. The number of anilines is 2. The molecule has 0 atom stereocenters. The van der Waals surface area contributed by atoms with Gasteiger partial charge in [-0.3, -0.25) is 14.6 Å². The number of hydrogen-bond acceptors (Lipinski definition) is 6. The van der Waals surface area contributed by atoms with E-state index in [-0.39, 0.29) is 18.4 Å². The van der Waals surface area contributed by atoms with Crippen LogP contribution in [-0.2, 0) is 9.53 Å². The number of piperazine rings is 1. The topological polar surface area (TPSA) is 104 Å². The summed E-state index contributed by atoms with van der Waals surface area (Å²) in [7, 11) is 0. The van der Waals surface area contributed by atoms with E-state index in [1.165, 1.54) is 0 Å². The maximum absolute atomic E-state index is 12.8. The largest absolute Gasteiger partial charge is 0.444 e. The first-order valence-electron chi connectivity index (χ1n) is 10.5. The summed E-state index contributed by atoms with van der Waals surface area (Å²) in [6.45, 7) is 7.33. The second kappa shape index (κ2) is 10.1. The standard InChI is InChI=1S/C23H29N5O4/c1-23(2,3)32-22(31)25-16-20(29)28-13-11-27(12-14-28)19-9-5-4-8-18(19)21(30)26-17-7-6-10-24-15-17/h4-10,15H,11-14,16H2,1-3H3,(H,25,31)(H,26,30). The monoisotopic (exact) mass is 439 g/mol. The molecule has 3 amide bonds. The van der Waals surface area contributed by atoms with Crippen LogP contribution >= 0.6 is 0 Å². The maximum atomic E-state index is 12.8. The molecule has 3 rings (SSSR count). The third-order valence-electron chi connectivity index (χ3n) is 4.82. The molecule has 1 aliphatic rings. The zero-order valence-corrected chi connectivity index (χ0v) is 18.6. The van der Waals surface area contributed by atoms with Gasteiger partial charge in [0.1, 0.15) is 12.1 Å². The summed E-state index contributed by atoms with van der Waals surface area (Å²) in [4.78, 5) is 44.8. The zero-order chi connectivity index (χ0) is 23.1.